The molecule has 0 spiro atoms. The fourth-order valence-electron chi connectivity index (χ4n) is 0.997. The number of hydrogen-bond donors (Lipinski definition) is 1. The Kier molecular flexibility index (Phi) is 4.57. The topological polar surface area (TPSA) is 38.3 Å². The largest absolute Gasteiger partial charge is 0.367 e. The Morgan fingerprint density at radius 1 is 1.40 bits per heavy atom. The zero-order chi connectivity index (χ0) is 11.1. The molecule has 80 valence electrons. The van der Waals surface area contributed by atoms with Gasteiger partial charge in [-0.2, -0.15) is 0 Å². The summed E-state index contributed by atoms with van der Waals surface area (Å²) in [6.07, 6.45) is 0.603. The van der Waals surface area contributed by atoms with Gasteiger partial charge in [-0.1, -0.05) is 43.8 Å². The zero-order valence-corrected chi connectivity index (χ0v) is 8.82. The van der Waals surface area contributed by atoms with E-state index in [1.807, 2.05) is 37.3 Å². The molecule has 0 saturated carbocycles. The van der Waals surface area contributed by atoms with Gasteiger partial charge in [0.25, 0.3) is 0 Å². The van der Waals surface area contributed by atoms with Gasteiger partial charge in [0.1, 0.15) is 0 Å². The molecular weight excluding hydrogens is 190 g/mol. The molecule has 0 radical (unpaired) electrons. The van der Waals surface area contributed by atoms with Crippen molar-refractivity contribution in [3.63, 3.8) is 0 Å². The Bertz CT molecular complexity index is 333. The molecule has 1 aromatic carbocycles. The smallest absolute Gasteiger partial charge is 0.352 e. The molecule has 0 aliphatic rings. The summed E-state index contributed by atoms with van der Waals surface area (Å²) in [5.74, 6) is -0.395. The molecule has 1 N–H and O–H groups in total. The number of nitrogens with one attached hydrogen (secondary N) is 1. The third kappa shape index (κ3) is 3.95. The van der Waals surface area contributed by atoms with Crippen molar-refractivity contribution >= 4 is 5.97 Å². The fraction of sp³-hybridized carbons (Fsp3) is 0.250. The van der Waals surface area contributed by atoms with Gasteiger partial charge in [-0.15, -0.1) is 5.48 Å². The lowest BCUT2D eigenvalue weighted by atomic mass is 10.2. The van der Waals surface area contributed by atoms with Gasteiger partial charge in [0.15, 0.2) is 0 Å². The summed E-state index contributed by atoms with van der Waals surface area (Å²) < 4.78 is 0. The summed E-state index contributed by atoms with van der Waals surface area (Å²) in [7, 11) is 0. The first-order chi connectivity index (χ1) is 7.24. The zero-order valence-electron chi connectivity index (χ0n) is 8.82. The first kappa shape index (κ1) is 11.5. The van der Waals surface area contributed by atoms with E-state index >= 15 is 0 Å². The highest BCUT2D eigenvalue weighted by Crippen LogP contribution is 2.00. The molecule has 0 unspecified atom stereocenters. The van der Waals surface area contributed by atoms with Crippen molar-refractivity contribution in [1.29, 1.82) is 0 Å². The van der Waals surface area contributed by atoms with Crippen LogP contribution in [-0.2, 0) is 16.2 Å². The molecule has 0 fully saturated rings. The molecule has 0 heterocycles. The van der Waals surface area contributed by atoms with Crippen molar-refractivity contribution in [3.8, 4) is 0 Å². The van der Waals surface area contributed by atoms with E-state index in [1.54, 1.807) is 0 Å². The molecule has 0 amide bonds. The molecule has 0 saturated heterocycles. The Labute approximate surface area is 89.7 Å². The molecule has 3 nitrogen and oxygen atoms in total. The van der Waals surface area contributed by atoms with E-state index in [0.717, 1.165) is 5.56 Å². The van der Waals surface area contributed by atoms with Crippen LogP contribution in [0.25, 0.3) is 0 Å². The van der Waals surface area contributed by atoms with Crippen molar-refractivity contribution in [2.75, 3.05) is 0 Å². The van der Waals surface area contributed by atoms with Crippen LogP contribution in [0.1, 0.15) is 18.9 Å². The van der Waals surface area contributed by atoms with Crippen LogP contribution < -0.4 is 5.48 Å². The van der Waals surface area contributed by atoms with Gasteiger partial charge in [-0.25, -0.2) is 4.79 Å². The van der Waals surface area contributed by atoms with Crippen molar-refractivity contribution in [1.82, 2.24) is 5.48 Å². The van der Waals surface area contributed by atoms with Crippen LogP contribution in [0.5, 0.6) is 0 Å². The predicted octanol–water partition coefficient (Wildman–Crippen LogP) is 2.20. The third-order valence-electron chi connectivity index (χ3n) is 2.00. The maximum atomic E-state index is 11.2. The van der Waals surface area contributed by atoms with E-state index in [2.05, 4.69) is 12.1 Å². The van der Waals surface area contributed by atoms with Crippen molar-refractivity contribution in [3.05, 3.63) is 48.0 Å². The summed E-state index contributed by atoms with van der Waals surface area (Å²) in [6, 6.07) is 9.72. The second-order valence-electron chi connectivity index (χ2n) is 3.15. The van der Waals surface area contributed by atoms with Crippen LogP contribution in [0.15, 0.2) is 42.5 Å². The first-order valence-electron chi connectivity index (χ1n) is 4.89. The number of hydrogen-bond acceptors (Lipinski definition) is 3. The number of benzene rings is 1. The molecule has 1 aromatic rings. The second kappa shape index (κ2) is 5.98. The average molecular weight is 205 g/mol. The summed E-state index contributed by atoms with van der Waals surface area (Å²) >= 11 is 0. The van der Waals surface area contributed by atoms with Crippen LogP contribution in [0.2, 0.25) is 0 Å². The Balaban J connectivity index is 2.28. The molecule has 15 heavy (non-hydrogen) atoms. The highest BCUT2D eigenvalue weighted by atomic mass is 16.7. The van der Waals surface area contributed by atoms with Crippen molar-refractivity contribution in [2.45, 2.75) is 19.9 Å². The summed E-state index contributed by atoms with van der Waals surface area (Å²) in [4.78, 5) is 16.0. The molecule has 0 atom stereocenters. The Hall–Kier alpha value is -1.61. The van der Waals surface area contributed by atoms with Gasteiger partial charge >= 0.3 is 5.97 Å². The maximum absolute atomic E-state index is 11.2. The molecule has 0 aliphatic heterocycles. The van der Waals surface area contributed by atoms with Crippen LogP contribution in [0.4, 0.5) is 0 Å². The lowest BCUT2D eigenvalue weighted by Crippen LogP contribution is -2.20. The van der Waals surface area contributed by atoms with E-state index in [1.165, 1.54) is 0 Å². The summed E-state index contributed by atoms with van der Waals surface area (Å²) in [5.41, 5.74) is 4.14. The second-order valence-corrected chi connectivity index (χ2v) is 3.15. The van der Waals surface area contributed by atoms with Crippen LogP contribution >= 0.6 is 0 Å². The van der Waals surface area contributed by atoms with Gasteiger partial charge in [0.05, 0.1) is 6.54 Å². The quantitative estimate of drug-likeness (QED) is 0.591. The molecule has 0 aliphatic carbocycles. The number of carbonyl (C=O) groups excluding carboxylic acids is 1. The minimum absolute atomic E-state index is 0.395. The molecule has 0 bridgehead atoms. The van der Waals surface area contributed by atoms with Gasteiger partial charge in [0, 0.05) is 5.57 Å². The molecule has 1 rings (SSSR count). The maximum Gasteiger partial charge on any atom is 0.352 e. The number of carbonyl (C=O) groups is 1. The molecular formula is C12H15NO2. The van der Waals surface area contributed by atoms with Crippen LogP contribution in [0, 0.1) is 0 Å². The number of rotatable bonds is 5. The fourth-order valence-corrected chi connectivity index (χ4v) is 0.997. The van der Waals surface area contributed by atoms with Crippen LogP contribution in [0.3, 0.4) is 0 Å². The van der Waals surface area contributed by atoms with E-state index in [-0.39, 0.29) is 0 Å². The Morgan fingerprint density at radius 3 is 2.67 bits per heavy atom. The van der Waals surface area contributed by atoms with E-state index in [4.69, 9.17) is 4.84 Å². The van der Waals surface area contributed by atoms with E-state index in [9.17, 15) is 4.79 Å². The first-order valence-corrected chi connectivity index (χ1v) is 4.89. The van der Waals surface area contributed by atoms with Crippen LogP contribution in [-0.4, -0.2) is 5.97 Å². The van der Waals surface area contributed by atoms with Gasteiger partial charge in [0.2, 0.25) is 0 Å². The van der Waals surface area contributed by atoms with E-state index < -0.39 is 5.97 Å². The van der Waals surface area contributed by atoms with Crippen molar-refractivity contribution < 1.29 is 9.63 Å². The lowest BCUT2D eigenvalue weighted by Gasteiger charge is -2.06. The monoisotopic (exact) mass is 205 g/mol. The van der Waals surface area contributed by atoms with Gasteiger partial charge < -0.3 is 4.84 Å². The highest BCUT2D eigenvalue weighted by molar-refractivity contribution is 5.87. The average Bonchev–Trinajstić information content (AvgIpc) is 2.29. The Morgan fingerprint density at radius 2 is 2.07 bits per heavy atom. The lowest BCUT2D eigenvalue weighted by molar-refractivity contribution is -0.146. The summed E-state index contributed by atoms with van der Waals surface area (Å²) in [5, 5.41) is 0. The van der Waals surface area contributed by atoms with Gasteiger partial charge in [-0.3, -0.25) is 0 Å². The minimum atomic E-state index is -0.395. The van der Waals surface area contributed by atoms with Crippen molar-refractivity contribution in [2.24, 2.45) is 0 Å². The SMILES string of the molecule is C=C(CC)C(=O)ONCc1ccccc1. The standard InChI is InChI=1S/C12H15NO2/c1-3-10(2)12(14)15-13-9-11-7-5-4-6-8-11/h4-8,13H,2-3,9H2,1H3. The molecule has 3 heteroatoms. The number of hydroxylamine groups is 1. The third-order valence-corrected chi connectivity index (χ3v) is 2.00. The normalized spacial score (nSPS) is 9.67. The molecule has 0 aromatic heterocycles. The highest BCUT2D eigenvalue weighted by Gasteiger charge is 2.05. The summed E-state index contributed by atoms with van der Waals surface area (Å²) in [6.45, 7) is 5.95. The van der Waals surface area contributed by atoms with E-state index in [0.29, 0.717) is 18.5 Å². The minimum Gasteiger partial charge on any atom is -0.367 e. The van der Waals surface area contributed by atoms with Gasteiger partial charge in [-0.05, 0) is 12.0 Å². The predicted molar refractivity (Wildman–Crippen MR) is 58.8 cm³/mol.